The van der Waals surface area contributed by atoms with Crippen LogP contribution in [0.2, 0.25) is 0 Å². The van der Waals surface area contributed by atoms with Gasteiger partial charge in [-0.3, -0.25) is 4.99 Å². The van der Waals surface area contributed by atoms with E-state index in [1.54, 1.807) is 0 Å². The van der Waals surface area contributed by atoms with Gasteiger partial charge in [0.25, 0.3) is 0 Å². The van der Waals surface area contributed by atoms with Crippen LogP contribution in [0.1, 0.15) is 37.8 Å². The van der Waals surface area contributed by atoms with Crippen molar-refractivity contribution in [2.75, 3.05) is 53.0 Å². The van der Waals surface area contributed by atoms with Gasteiger partial charge in [0.05, 0.1) is 13.2 Å². The molecule has 1 unspecified atom stereocenters. The Bertz CT molecular complexity index is 600. The van der Waals surface area contributed by atoms with E-state index in [0.29, 0.717) is 19.1 Å². The predicted octanol–water partition coefficient (Wildman–Crippen LogP) is 2.81. The van der Waals surface area contributed by atoms with E-state index >= 15 is 0 Å². The van der Waals surface area contributed by atoms with Crippen molar-refractivity contribution in [1.82, 2.24) is 15.5 Å². The number of hydrogen-bond acceptors (Lipinski definition) is 4. The monoisotopic (exact) mass is 390 g/mol. The third kappa shape index (κ3) is 7.68. The molecule has 6 heteroatoms. The van der Waals surface area contributed by atoms with Gasteiger partial charge in [-0.1, -0.05) is 26.0 Å². The zero-order chi connectivity index (χ0) is 20.2. The second-order valence-electron chi connectivity index (χ2n) is 7.44. The number of nitrogens with one attached hydrogen (secondary N) is 2. The molecule has 0 bridgehead atoms. The van der Waals surface area contributed by atoms with Gasteiger partial charge >= 0.3 is 0 Å². The predicted molar refractivity (Wildman–Crippen MR) is 116 cm³/mol. The Labute approximate surface area is 170 Å². The fourth-order valence-electron chi connectivity index (χ4n) is 3.34. The van der Waals surface area contributed by atoms with Crippen LogP contribution in [0.25, 0.3) is 0 Å². The molecule has 0 radical (unpaired) electrons. The Morgan fingerprint density at radius 3 is 2.82 bits per heavy atom. The molecule has 1 atom stereocenters. The third-order valence-corrected chi connectivity index (χ3v) is 5.10. The highest BCUT2D eigenvalue weighted by atomic mass is 16.5. The molecule has 2 N–H and O–H groups in total. The smallest absolute Gasteiger partial charge is 0.191 e. The number of guanidine groups is 1. The number of hydrogen-bond donors (Lipinski definition) is 2. The van der Waals surface area contributed by atoms with E-state index in [1.807, 2.05) is 7.05 Å². The van der Waals surface area contributed by atoms with Gasteiger partial charge in [0, 0.05) is 44.8 Å². The zero-order valence-corrected chi connectivity index (χ0v) is 18.1. The summed E-state index contributed by atoms with van der Waals surface area (Å²) < 4.78 is 11.6. The molecular formula is C22H38N4O2. The lowest BCUT2D eigenvalue weighted by molar-refractivity contribution is 0.166. The molecule has 2 rings (SSSR count). The van der Waals surface area contributed by atoms with Gasteiger partial charge < -0.3 is 25.0 Å². The normalized spacial score (nSPS) is 17.2. The summed E-state index contributed by atoms with van der Waals surface area (Å²) in [7, 11) is 1.81. The van der Waals surface area contributed by atoms with Crippen molar-refractivity contribution in [3.05, 3.63) is 29.3 Å². The summed E-state index contributed by atoms with van der Waals surface area (Å²) >= 11 is 0. The van der Waals surface area contributed by atoms with Crippen LogP contribution in [0.4, 0.5) is 0 Å². The van der Waals surface area contributed by atoms with Crippen molar-refractivity contribution < 1.29 is 9.47 Å². The summed E-state index contributed by atoms with van der Waals surface area (Å²) in [4.78, 5) is 6.79. The molecule has 0 aromatic heterocycles. The fraction of sp³-hybridized carbons (Fsp3) is 0.682. The molecular weight excluding hydrogens is 352 g/mol. The molecule has 1 aliphatic rings. The molecule has 1 fully saturated rings. The lowest BCUT2D eigenvalue weighted by Gasteiger charge is -2.21. The third-order valence-electron chi connectivity index (χ3n) is 5.10. The quantitative estimate of drug-likeness (QED) is 0.449. The zero-order valence-electron chi connectivity index (χ0n) is 18.1. The fourth-order valence-corrected chi connectivity index (χ4v) is 3.34. The van der Waals surface area contributed by atoms with Crippen molar-refractivity contribution in [2.45, 2.75) is 40.2 Å². The number of aliphatic imine (C=N–C) groups is 1. The molecule has 0 aliphatic carbocycles. The van der Waals surface area contributed by atoms with Crippen molar-refractivity contribution in [3.63, 3.8) is 0 Å². The van der Waals surface area contributed by atoms with E-state index in [9.17, 15) is 0 Å². The van der Waals surface area contributed by atoms with Gasteiger partial charge in [-0.25, -0.2) is 0 Å². The van der Waals surface area contributed by atoms with Crippen molar-refractivity contribution in [3.8, 4) is 5.75 Å². The van der Waals surface area contributed by atoms with E-state index in [-0.39, 0.29) is 0 Å². The molecule has 1 aromatic carbocycles. The Morgan fingerprint density at radius 1 is 1.29 bits per heavy atom. The standard InChI is InChI=1S/C22H38N4O2/c1-5-11-26(6-2)12-10-24-22(23-4)25-15-20-8-7-18(3)14-21(20)28-17-19-9-13-27-16-19/h7-8,14,19H,5-6,9-13,15-17H2,1-4H3,(H2,23,24,25). The Balaban J connectivity index is 1.83. The molecule has 158 valence electrons. The number of likely N-dealkylation sites (N-methyl/N-ethyl adjacent to an activating group) is 1. The number of ether oxygens (including phenoxy) is 2. The first kappa shape index (κ1) is 22.5. The molecule has 6 nitrogen and oxygen atoms in total. The Morgan fingerprint density at radius 2 is 2.14 bits per heavy atom. The lowest BCUT2D eigenvalue weighted by Crippen LogP contribution is -2.41. The highest BCUT2D eigenvalue weighted by Crippen LogP contribution is 2.22. The van der Waals surface area contributed by atoms with Gasteiger partial charge in [0.15, 0.2) is 5.96 Å². The van der Waals surface area contributed by atoms with Crippen LogP contribution in [0, 0.1) is 12.8 Å². The molecule has 1 saturated heterocycles. The van der Waals surface area contributed by atoms with Crippen LogP contribution < -0.4 is 15.4 Å². The van der Waals surface area contributed by atoms with E-state index in [0.717, 1.165) is 63.1 Å². The molecule has 1 aromatic rings. The lowest BCUT2D eigenvalue weighted by atomic mass is 10.1. The number of benzene rings is 1. The molecule has 1 aliphatic heterocycles. The van der Waals surface area contributed by atoms with Crippen LogP contribution in [-0.4, -0.2) is 63.9 Å². The summed E-state index contributed by atoms with van der Waals surface area (Å²) in [6, 6.07) is 6.38. The van der Waals surface area contributed by atoms with Gasteiger partial charge in [-0.05, 0) is 44.5 Å². The first-order valence-corrected chi connectivity index (χ1v) is 10.6. The van der Waals surface area contributed by atoms with E-state index in [1.165, 1.54) is 12.0 Å². The first-order chi connectivity index (χ1) is 13.7. The second kappa shape index (κ2) is 12.6. The summed E-state index contributed by atoms with van der Waals surface area (Å²) in [5.41, 5.74) is 2.35. The van der Waals surface area contributed by atoms with E-state index in [2.05, 4.69) is 59.5 Å². The molecule has 0 amide bonds. The maximum Gasteiger partial charge on any atom is 0.191 e. The topological polar surface area (TPSA) is 58.1 Å². The second-order valence-corrected chi connectivity index (χ2v) is 7.44. The highest BCUT2D eigenvalue weighted by molar-refractivity contribution is 5.79. The average molecular weight is 391 g/mol. The van der Waals surface area contributed by atoms with Gasteiger partial charge in [-0.2, -0.15) is 0 Å². The average Bonchev–Trinajstić information content (AvgIpc) is 3.22. The van der Waals surface area contributed by atoms with Crippen molar-refractivity contribution in [1.29, 1.82) is 0 Å². The van der Waals surface area contributed by atoms with Gasteiger partial charge in [0.1, 0.15) is 5.75 Å². The van der Waals surface area contributed by atoms with Gasteiger partial charge in [-0.15, -0.1) is 0 Å². The highest BCUT2D eigenvalue weighted by Gasteiger charge is 2.17. The maximum atomic E-state index is 6.13. The Kier molecular flexibility index (Phi) is 10.1. The minimum atomic E-state index is 0.500. The van der Waals surface area contributed by atoms with Crippen molar-refractivity contribution in [2.24, 2.45) is 10.9 Å². The molecule has 0 saturated carbocycles. The number of rotatable bonds is 11. The first-order valence-electron chi connectivity index (χ1n) is 10.6. The minimum Gasteiger partial charge on any atom is -0.493 e. The van der Waals surface area contributed by atoms with E-state index in [4.69, 9.17) is 9.47 Å². The van der Waals surface area contributed by atoms with Crippen LogP contribution >= 0.6 is 0 Å². The largest absolute Gasteiger partial charge is 0.493 e. The van der Waals surface area contributed by atoms with Crippen molar-refractivity contribution >= 4 is 5.96 Å². The number of aryl methyl sites for hydroxylation is 1. The van der Waals surface area contributed by atoms with Crippen LogP contribution in [-0.2, 0) is 11.3 Å². The summed E-state index contributed by atoms with van der Waals surface area (Å²) in [5.74, 6) is 2.28. The summed E-state index contributed by atoms with van der Waals surface area (Å²) in [6.45, 7) is 13.7. The van der Waals surface area contributed by atoms with Gasteiger partial charge in [0.2, 0.25) is 0 Å². The number of nitrogens with zero attached hydrogens (tertiary/aromatic N) is 2. The van der Waals surface area contributed by atoms with Crippen LogP contribution in [0.5, 0.6) is 5.75 Å². The summed E-state index contributed by atoms with van der Waals surface area (Å²) in [5, 5.41) is 6.82. The molecule has 28 heavy (non-hydrogen) atoms. The SMILES string of the molecule is CCCN(CC)CCNC(=NC)NCc1ccc(C)cc1OCC1CCOC1. The minimum absolute atomic E-state index is 0.500. The van der Waals surface area contributed by atoms with E-state index < -0.39 is 0 Å². The summed E-state index contributed by atoms with van der Waals surface area (Å²) in [6.07, 6.45) is 2.27. The van der Waals surface area contributed by atoms with Crippen LogP contribution in [0.15, 0.2) is 23.2 Å². The maximum absolute atomic E-state index is 6.13. The van der Waals surface area contributed by atoms with Crippen LogP contribution in [0.3, 0.4) is 0 Å². The molecule has 0 spiro atoms. The Hall–Kier alpha value is -1.79. The molecule has 1 heterocycles.